The first-order valence-corrected chi connectivity index (χ1v) is 8.12. The Balaban J connectivity index is 2.16. The van der Waals surface area contributed by atoms with Gasteiger partial charge in [0.05, 0.1) is 4.88 Å². The Labute approximate surface area is 134 Å². The van der Waals surface area contributed by atoms with Gasteiger partial charge in [-0.3, -0.25) is 9.59 Å². The van der Waals surface area contributed by atoms with E-state index in [1.807, 2.05) is 30.3 Å². The van der Waals surface area contributed by atoms with E-state index in [1.54, 1.807) is 16.3 Å². The molecule has 22 heavy (non-hydrogen) atoms. The summed E-state index contributed by atoms with van der Waals surface area (Å²) in [5.41, 5.74) is 7.24. The van der Waals surface area contributed by atoms with Gasteiger partial charge < -0.3 is 10.6 Å². The molecule has 0 spiro atoms. The van der Waals surface area contributed by atoms with Gasteiger partial charge in [0.25, 0.3) is 5.91 Å². The Morgan fingerprint density at radius 1 is 1.23 bits per heavy atom. The summed E-state index contributed by atoms with van der Waals surface area (Å²) in [6.45, 7) is 3.21. The molecule has 116 valence electrons. The van der Waals surface area contributed by atoms with Crippen molar-refractivity contribution in [2.24, 2.45) is 5.73 Å². The van der Waals surface area contributed by atoms with Crippen LogP contribution in [0.15, 0.2) is 41.8 Å². The second kappa shape index (κ2) is 7.87. The van der Waals surface area contributed by atoms with Gasteiger partial charge in [0.1, 0.15) is 0 Å². The van der Waals surface area contributed by atoms with Crippen molar-refractivity contribution in [1.29, 1.82) is 0 Å². The molecular weight excluding hydrogens is 296 g/mol. The third kappa shape index (κ3) is 4.26. The molecule has 0 bridgehead atoms. The van der Waals surface area contributed by atoms with E-state index < -0.39 is 0 Å². The number of benzene rings is 1. The van der Waals surface area contributed by atoms with E-state index in [2.05, 4.69) is 0 Å². The molecule has 0 aliphatic heterocycles. The SMILES string of the molecule is CC(=O)c1csc(C(=O)N(CCCN)Cc2ccccc2)c1. The maximum atomic E-state index is 12.7. The van der Waals surface area contributed by atoms with Crippen molar-refractivity contribution in [2.45, 2.75) is 19.9 Å². The first kappa shape index (κ1) is 16.4. The van der Waals surface area contributed by atoms with E-state index >= 15 is 0 Å². The third-order valence-corrected chi connectivity index (χ3v) is 4.27. The molecule has 1 amide bonds. The van der Waals surface area contributed by atoms with Gasteiger partial charge in [0, 0.05) is 24.0 Å². The second-order valence-electron chi connectivity index (χ2n) is 5.11. The summed E-state index contributed by atoms with van der Waals surface area (Å²) in [5.74, 6) is -0.0679. The molecule has 0 atom stereocenters. The smallest absolute Gasteiger partial charge is 0.264 e. The Bertz CT molecular complexity index is 637. The lowest BCUT2D eigenvalue weighted by Crippen LogP contribution is -2.32. The van der Waals surface area contributed by atoms with Gasteiger partial charge in [-0.15, -0.1) is 11.3 Å². The number of carbonyl (C=O) groups excluding carboxylic acids is 2. The fourth-order valence-electron chi connectivity index (χ4n) is 2.13. The Hall–Kier alpha value is -1.98. The standard InChI is InChI=1S/C17H20N2O2S/c1-13(20)15-10-16(22-12-15)17(21)19(9-5-8-18)11-14-6-3-2-4-7-14/h2-4,6-7,10,12H,5,8-9,11,18H2,1H3. The van der Waals surface area contributed by atoms with Crippen molar-refractivity contribution in [3.8, 4) is 0 Å². The topological polar surface area (TPSA) is 63.4 Å². The van der Waals surface area contributed by atoms with E-state index in [0.717, 1.165) is 12.0 Å². The number of nitrogens with zero attached hydrogens (tertiary/aromatic N) is 1. The zero-order valence-electron chi connectivity index (χ0n) is 12.6. The van der Waals surface area contributed by atoms with Crippen molar-refractivity contribution in [2.75, 3.05) is 13.1 Å². The number of hydrogen-bond donors (Lipinski definition) is 1. The molecular formula is C17H20N2O2S. The first-order chi connectivity index (χ1) is 10.6. The quantitative estimate of drug-likeness (QED) is 0.799. The minimum atomic E-state index is -0.0465. The van der Waals surface area contributed by atoms with Gasteiger partial charge in [0.2, 0.25) is 0 Å². The zero-order valence-corrected chi connectivity index (χ0v) is 13.4. The summed E-state index contributed by atoms with van der Waals surface area (Å²) in [6, 6.07) is 11.5. The molecule has 1 aromatic heterocycles. The summed E-state index contributed by atoms with van der Waals surface area (Å²) in [7, 11) is 0. The average Bonchev–Trinajstić information content (AvgIpc) is 3.02. The van der Waals surface area contributed by atoms with Crippen molar-refractivity contribution in [1.82, 2.24) is 4.90 Å². The van der Waals surface area contributed by atoms with Crippen LogP contribution in [0.3, 0.4) is 0 Å². The lowest BCUT2D eigenvalue weighted by molar-refractivity contribution is 0.0747. The summed E-state index contributed by atoms with van der Waals surface area (Å²) in [4.78, 5) is 26.4. The van der Waals surface area contributed by atoms with Crippen LogP contribution < -0.4 is 5.73 Å². The Morgan fingerprint density at radius 2 is 1.95 bits per heavy atom. The molecule has 4 nitrogen and oxygen atoms in total. The molecule has 0 aliphatic carbocycles. The molecule has 0 fully saturated rings. The molecule has 0 saturated heterocycles. The highest BCUT2D eigenvalue weighted by molar-refractivity contribution is 7.12. The number of thiophene rings is 1. The normalized spacial score (nSPS) is 10.5. The fraction of sp³-hybridized carbons (Fsp3) is 0.294. The number of rotatable bonds is 7. The Kier molecular flexibility index (Phi) is 5.86. The van der Waals surface area contributed by atoms with E-state index in [-0.39, 0.29) is 11.7 Å². The van der Waals surface area contributed by atoms with Crippen LogP contribution in [-0.2, 0) is 6.54 Å². The second-order valence-corrected chi connectivity index (χ2v) is 6.02. The predicted octanol–water partition coefficient (Wildman–Crippen LogP) is 2.94. The van der Waals surface area contributed by atoms with Crippen LogP contribution in [-0.4, -0.2) is 29.7 Å². The van der Waals surface area contributed by atoms with E-state index in [9.17, 15) is 9.59 Å². The van der Waals surface area contributed by atoms with Gasteiger partial charge in [-0.05, 0) is 31.5 Å². The van der Waals surface area contributed by atoms with E-state index in [4.69, 9.17) is 5.73 Å². The maximum absolute atomic E-state index is 12.7. The largest absolute Gasteiger partial charge is 0.334 e. The van der Waals surface area contributed by atoms with Gasteiger partial charge in [-0.1, -0.05) is 30.3 Å². The van der Waals surface area contributed by atoms with E-state index in [0.29, 0.717) is 30.1 Å². The van der Waals surface area contributed by atoms with Crippen LogP contribution in [0, 0.1) is 0 Å². The van der Waals surface area contributed by atoms with Crippen LogP contribution >= 0.6 is 11.3 Å². The van der Waals surface area contributed by atoms with Gasteiger partial charge in [-0.25, -0.2) is 0 Å². The lowest BCUT2D eigenvalue weighted by atomic mass is 10.2. The fourth-order valence-corrected chi connectivity index (χ4v) is 3.04. The number of carbonyl (C=O) groups is 2. The Morgan fingerprint density at radius 3 is 2.55 bits per heavy atom. The number of Topliss-reactive ketones (excluding diaryl/α,β-unsaturated/α-hetero) is 1. The first-order valence-electron chi connectivity index (χ1n) is 7.24. The van der Waals surface area contributed by atoms with Crippen molar-refractivity contribution < 1.29 is 9.59 Å². The highest BCUT2D eigenvalue weighted by atomic mass is 32.1. The molecule has 0 radical (unpaired) electrons. The molecule has 2 rings (SSSR count). The van der Waals surface area contributed by atoms with Crippen molar-refractivity contribution in [3.05, 3.63) is 57.8 Å². The highest BCUT2D eigenvalue weighted by Crippen LogP contribution is 2.19. The number of hydrogen-bond acceptors (Lipinski definition) is 4. The summed E-state index contributed by atoms with van der Waals surface area (Å²) < 4.78 is 0. The minimum absolute atomic E-state index is 0.0214. The molecule has 2 N–H and O–H groups in total. The maximum Gasteiger partial charge on any atom is 0.264 e. The average molecular weight is 316 g/mol. The number of nitrogens with two attached hydrogens (primary N) is 1. The number of amides is 1. The van der Waals surface area contributed by atoms with Crippen molar-refractivity contribution in [3.63, 3.8) is 0 Å². The highest BCUT2D eigenvalue weighted by Gasteiger charge is 2.18. The molecule has 0 unspecified atom stereocenters. The predicted molar refractivity (Wildman–Crippen MR) is 89.2 cm³/mol. The van der Waals surface area contributed by atoms with E-state index in [1.165, 1.54) is 18.3 Å². The zero-order chi connectivity index (χ0) is 15.9. The third-order valence-electron chi connectivity index (χ3n) is 3.35. The van der Waals surface area contributed by atoms with Crippen LogP contribution in [0.4, 0.5) is 0 Å². The van der Waals surface area contributed by atoms with Crippen LogP contribution in [0.5, 0.6) is 0 Å². The van der Waals surface area contributed by atoms with Crippen molar-refractivity contribution >= 4 is 23.0 Å². The lowest BCUT2D eigenvalue weighted by Gasteiger charge is -2.22. The van der Waals surface area contributed by atoms with Crippen LogP contribution in [0.25, 0.3) is 0 Å². The van der Waals surface area contributed by atoms with Gasteiger partial charge in [0.15, 0.2) is 5.78 Å². The molecule has 1 aromatic carbocycles. The molecule has 2 aromatic rings. The van der Waals surface area contributed by atoms with Gasteiger partial charge >= 0.3 is 0 Å². The number of ketones is 1. The molecule has 0 aliphatic rings. The summed E-state index contributed by atoms with van der Waals surface area (Å²) in [5, 5.41) is 1.74. The minimum Gasteiger partial charge on any atom is -0.334 e. The summed E-state index contributed by atoms with van der Waals surface area (Å²) in [6.07, 6.45) is 0.753. The van der Waals surface area contributed by atoms with Crippen LogP contribution in [0.2, 0.25) is 0 Å². The van der Waals surface area contributed by atoms with Crippen LogP contribution in [0.1, 0.15) is 38.9 Å². The molecule has 0 saturated carbocycles. The summed E-state index contributed by atoms with van der Waals surface area (Å²) >= 11 is 1.32. The molecule has 5 heteroatoms. The monoisotopic (exact) mass is 316 g/mol. The molecule has 1 heterocycles. The van der Waals surface area contributed by atoms with Gasteiger partial charge in [-0.2, -0.15) is 0 Å².